The Balaban J connectivity index is 1.70. The normalized spacial score (nSPS) is 16.7. The van der Waals surface area contributed by atoms with Gasteiger partial charge in [0.1, 0.15) is 17.0 Å². The van der Waals surface area contributed by atoms with E-state index in [0.29, 0.717) is 12.2 Å². The Hall–Kier alpha value is -3.15. The molecule has 0 unspecified atom stereocenters. The third-order valence-corrected chi connectivity index (χ3v) is 5.17. The Morgan fingerprint density at radius 3 is 2.74 bits per heavy atom. The molecule has 0 aliphatic carbocycles. The summed E-state index contributed by atoms with van der Waals surface area (Å²) >= 11 is 0. The summed E-state index contributed by atoms with van der Waals surface area (Å²) in [6.45, 7) is 2.52. The van der Waals surface area contributed by atoms with E-state index in [2.05, 4.69) is 4.98 Å². The summed E-state index contributed by atoms with van der Waals surface area (Å²) in [5, 5.41) is 0. The first-order valence-electron chi connectivity index (χ1n) is 9.02. The molecule has 2 aromatic heterocycles. The average molecular weight is 363 g/mol. The van der Waals surface area contributed by atoms with Crippen LogP contribution in [-0.4, -0.2) is 33.8 Å². The van der Waals surface area contributed by atoms with Crippen LogP contribution in [0.1, 0.15) is 40.4 Å². The van der Waals surface area contributed by atoms with Crippen LogP contribution in [0.15, 0.2) is 53.6 Å². The summed E-state index contributed by atoms with van der Waals surface area (Å²) in [6.07, 6.45) is 4.85. The van der Waals surface area contributed by atoms with Gasteiger partial charge in [-0.15, -0.1) is 0 Å². The summed E-state index contributed by atoms with van der Waals surface area (Å²) in [5.74, 6) is 0.517. The number of nitrogens with zero attached hydrogens (tertiary/aromatic N) is 3. The van der Waals surface area contributed by atoms with Crippen molar-refractivity contribution in [1.82, 2.24) is 14.3 Å². The summed E-state index contributed by atoms with van der Waals surface area (Å²) in [7, 11) is 1.63. The lowest BCUT2D eigenvalue weighted by molar-refractivity contribution is 0.0733. The lowest BCUT2D eigenvalue weighted by atomic mass is 10.0. The van der Waals surface area contributed by atoms with E-state index in [9.17, 15) is 9.59 Å². The maximum absolute atomic E-state index is 13.2. The first kappa shape index (κ1) is 17.3. The number of ether oxygens (including phenoxy) is 1. The van der Waals surface area contributed by atoms with E-state index in [4.69, 9.17) is 4.74 Å². The number of likely N-dealkylation sites (tertiary alicyclic amines) is 1. The van der Waals surface area contributed by atoms with E-state index in [0.717, 1.165) is 29.7 Å². The number of hydrogen-bond acceptors (Lipinski definition) is 4. The van der Waals surface area contributed by atoms with Gasteiger partial charge in [0, 0.05) is 18.9 Å². The average Bonchev–Trinajstić information content (AvgIpc) is 3.18. The molecule has 1 aliphatic heterocycles. The van der Waals surface area contributed by atoms with Gasteiger partial charge in [0.2, 0.25) is 0 Å². The van der Waals surface area contributed by atoms with E-state index in [1.807, 2.05) is 37.3 Å². The van der Waals surface area contributed by atoms with Gasteiger partial charge >= 0.3 is 0 Å². The van der Waals surface area contributed by atoms with Gasteiger partial charge in [-0.1, -0.05) is 18.2 Å². The molecule has 3 aromatic rings. The predicted octanol–water partition coefficient (Wildman–Crippen LogP) is 2.99. The molecule has 1 aliphatic rings. The van der Waals surface area contributed by atoms with E-state index in [1.165, 1.54) is 10.6 Å². The lowest BCUT2D eigenvalue weighted by Crippen LogP contribution is -2.35. The molecule has 1 fully saturated rings. The quantitative estimate of drug-likeness (QED) is 0.718. The fraction of sp³-hybridized carbons (Fsp3) is 0.286. The second kappa shape index (κ2) is 6.87. The Labute approximate surface area is 157 Å². The molecule has 0 bridgehead atoms. The van der Waals surface area contributed by atoms with E-state index in [1.54, 1.807) is 24.3 Å². The van der Waals surface area contributed by atoms with Crippen LogP contribution in [0.4, 0.5) is 0 Å². The topological polar surface area (TPSA) is 63.9 Å². The van der Waals surface area contributed by atoms with Crippen molar-refractivity contribution in [3.05, 3.63) is 75.8 Å². The Bertz CT molecular complexity index is 1060. The van der Waals surface area contributed by atoms with Gasteiger partial charge < -0.3 is 9.64 Å². The highest BCUT2D eigenvalue weighted by molar-refractivity contribution is 5.94. The van der Waals surface area contributed by atoms with Gasteiger partial charge in [-0.3, -0.25) is 14.0 Å². The number of fused-ring (bicyclic) bond motifs is 1. The highest BCUT2D eigenvalue weighted by Gasteiger charge is 2.32. The number of carbonyl (C=O) groups excluding carboxylic acids is 1. The number of aromatic nitrogens is 2. The third-order valence-electron chi connectivity index (χ3n) is 5.17. The van der Waals surface area contributed by atoms with Crippen LogP contribution in [0.25, 0.3) is 5.65 Å². The molecule has 1 atom stereocenters. The first-order valence-corrected chi connectivity index (χ1v) is 9.02. The predicted molar refractivity (Wildman–Crippen MR) is 102 cm³/mol. The standard InChI is InChI=1S/C21H21N3O3/c1-14-5-3-12-24-19(14)22-13-17(21(24)26)20(25)23-11-4-6-18(23)15-7-9-16(27-2)10-8-15/h3,5,7-10,12-13,18H,4,6,11H2,1-2H3/t18-/m1/s1. The first-order chi connectivity index (χ1) is 13.1. The molecule has 27 heavy (non-hydrogen) atoms. The van der Waals surface area contributed by atoms with Crippen LogP contribution < -0.4 is 10.3 Å². The van der Waals surface area contributed by atoms with Crippen LogP contribution in [0.2, 0.25) is 0 Å². The summed E-state index contributed by atoms with van der Waals surface area (Å²) in [5.41, 5.74) is 2.30. The molecule has 3 heterocycles. The molecular formula is C21H21N3O3. The zero-order chi connectivity index (χ0) is 19.0. The zero-order valence-corrected chi connectivity index (χ0v) is 15.4. The molecule has 0 radical (unpaired) electrons. The largest absolute Gasteiger partial charge is 0.497 e. The molecule has 0 spiro atoms. The number of pyridine rings is 1. The maximum Gasteiger partial charge on any atom is 0.270 e. The minimum absolute atomic E-state index is 0.0407. The molecule has 1 aromatic carbocycles. The molecule has 6 heteroatoms. The number of amides is 1. The molecule has 4 rings (SSSR count). The Kier molecular flexibility index (Phi) is 4.39. The number of aryl methyl sites for hydroxylation is 1. The van der Waals surface area contributed by atoms with Crippen LogP contribution in [0.5, 0.6) is 5.75 Å². The SMILES string of the molecule is COc1ccc([C@H]2CCCN2C(=O)c2cnc3c(C)cccn3c2=O)cc1. The molecule has 6 nitrogen and oxygen atoms in total. The van der Waals surface area contributed by atoms with Gasteiger partial charge in [-0.2, -0.15) is 0 Å². The third kappa shape index (κ3) is 2.97. The fourth-order valence-electron chi connectivity index (χ4n) is 3.73. The highest BCUT2D eigenvalue weighted by Crippen LogP contribution is 2.33. The summed E-state index contributed by atoms with van der Waals surface area (Å²) < 4.78 is 6.65. The second-order valence-corrected chi connectivity index (χ2v) is 6.79. The highest BCUT2D eigenvalue weighted by atomic mass is 16.5. The maximum atomic E-state index is 13.2. The summed E-state index contributed by atoms with van der Waals surface area (Å²) in [4.78, 5) is 32.1. The Morgan fingerprint density at radius 1 is 1.22 bits per heavy atom. The van der Waals surface area contributed by atoms with Gasteiger partial charge in [-0.25, -0.2) is 4.98 Å². The number of carbonyl (C=O) groups is 1. The smallest absolute Gasteiger partial charge is 0.270 e. The monoisotopic (exact) mass is 363 g/mol. The number of hydrogen-bond donors (Lipinski definition) is 0. The van der Waals surface area contributed by atoms with Gasteiger partial charge in [0.05, 0.1) is 13.2 Å². The van der Waals surface area contributed by atoms with Crippen molar-refractivity contribution in [3.63, 3.8) is 0 Å². The van der Waals surface area contributed by atoms with Crippen molar-refractivity contribution < 1.29 is 9.53 Å². The van der Waals surface area contributed by atoms with Crippen LogP contribution in [0, 0.1) is 6.92 Å². The van der Waals surface area contributed by atoms with Crippen molar-refractivity contribution in [2.45, 2.75) is 25.8 Å². The van der Waals surface area contributed by atoms with E-state index in [-0.39, 0.29) is 23.1 Å². The fourth-order valence-corrected chi connectivity index (χ4v) is 3.73. The van der Waals surface area contributed by atoms with E-state index >= 15 is 0 Å². The van der Waals surface area contributed by atoms with Gasteiger partial charge in [-0.05, 0) is 49.1 Å². The summed E-state index contributed by atoms with van der Waals surface area (Å²) in [6, 6.07) is 11.4. The molecule has 0 saturated carbocycles. The van der Waals surface area contributed by atoms with Crippen LogP contribution in [-0.2, 0) is 0 Å². The molecule has 0 N–H and O–H groups in total. The van der Waals surface area contributed by atoms with Crippen molar-refractivity contribution in [3.8, 4) is 5.75 Å². The molecule has 138 valence electrons. The lowest BCUT2D eigenvalue weighted by Gasteiger charge is -2.25. The van der Waals surface area contributed by atoms with Crippen LogP contribution >= 0.6 is 0 Å². The molecule has 1 saturated heterocycles. The number of benzene rings is 1. The number of methoxy groups -OCH3 is 1. The van der Waals surface area contributed by atoms with Crippen LogP contribution in [0.3, 0.4) is 0 Å². The van der Waals surface area contributed by atoms with E-state index < -0.39 is 0 Å². The van der Waals surface area contributed by atoms with Crippen molar-refractivity contribution in [2.75, 3.05) is 13.7 Å². The van der Waals surface area contributed by atoms with Crippen molar-refractivity contribution in [2.24, 2.45) is 0 Å². The number of rotatable bonds is 3. The van der Waals surface area contributed by atoms with Gasteiger partial charge in [0.15, 0.2) is 0 Å². The van der Waals surface area contributed by atoms with Crippen molar-refractivity contribution in [1.29, 1.82) is 0 Å². The minimum Gasteiger partial charge on any atom is -0.497 e. The Morgan fingerprint density at radius 2 is 2.00 bits per heavy atom. The van der Waals surface area contributed by atoms with Gasteiger partial charge in [0.25, 0.3) is 11.5 Å². The second-order valence-electron chi connectivity index (χ2n) is 6.79. The zero-order valence-electron chi connectivity index (χ0n) is 15.4. The minimum atomic E-state index is -0.325. The molecule has 1 amide bonds. The van der Waals surface area contributed by atoms with Crippen molar-refractivity contribution >= 4 is 11.6 Å². The molecular weight excluding hydrogens is 342 g/mol.